The van der Waals surface area contributed by atoms with Gasteiger partial charge in [-0.3, -0.25) is 4.79 Å². The summed E-state index contributed by atoms with van der Waals surface area (Å²) in [6.07, 6.45) is 1.67. The number of aromatic nitrogens is 2. The number of nitrogens with one attached hydrogen (secondary N) is 3. The molecule has 0 fully saturated rings. The number of carbonyl (C=O) groups is 1. The van der Waals surface area contributed by atoms with E-state index >= 15 is 0 Å². The zero-order chi connectivity index (χ0) is 21.0. The molecule has 0 aromatic carbocycles. The van der Waals surface area contributed by atoms with E-state index in [4.69, 9.17) is 22.0 Å². The predicted octanol–water partition coefficient (Wildman–Crippen LogP) is 3.20. The number of aliphatic hydroxyl groups excluding tert-OH is 1. The van der Waals surface area contributed by atoms with Crippen LogP contribution in [0.15, 0.2) is 36.5 Å². The Balaban J connectivity index is 1.93. The minimum Gasteiger partial charge on any atom is -0.395 e. The van der Waals surface area contributed by atoms with Gasteiger partial charge in [-0.15, -0.1) is 0 Å². The molecule has 3 heterocycles. The van der Waals surface area contributed by atoms with Crippen molar-refractivity contribution in [3.8, 4) is 6.07 Å². The van der Waals surface area contributed by atoms with Crippen LogP contribution in [0.5, 0.6) is 0 Å². The number of rotatable bonds is 7. The first-order chi connectivity index (χ1) is 13.9. The van der Waals surface area contributed by atoms with Crippen LogP contribution in [0.4, 0.5) is 15.8 Å². The number of halogens is 2. The Hall–Kier alpha value is -2.84. The predicted molar refractivity (Wildman–Crippen MR) is 110 cm³/mol. The summed E-state index contributed by atoms with van der Waals surface area (Å²) in [5, 5.41) is 20.7. The topological polar surface area (TPSA) is 114 Å². The third kappa shape index (κ3) is 4.60. The summed E-state index contributed by atoms with van der Waals surface area (Å²) in [6, 6.07) is 9.17. The Morgan fingerprint density at radius 3 is 3.00 bits per heavy atom. The SMILES string of the molecule is CC(CO)NSNc1c(Cl)c(C(=O)Nc2cc(F)nc(C#N)c2)n2ccccc12. The normalized spacial score (nSPS) is 11.8. The summed E-state index contributed by atoms with van der Waals surface area (Å²) in [6.45, 7) is 1.76. The van der Waals surface area contributed by atoms with E-state index in [-0.39, 0.29) is 34.7 Å². The number of hydrogen-bond donors (Lipinski definition) is 4. The summed E-state index contributed by atoms with van der Waals surface area (Å²) in [4.78, 5) is 16.3. The van der Waals surface area contributed by atoms with Gasteiger partial charge in [-0.05, 0) is 25.1 Å². The van der Waals surface area contributed by atoms with E-state index < -0.39 is 11.9 Å². The fourth-order valence-electron chi connectivity index (χ4n) is 2.52. The molecule has 29 heavy (non-hydrogen) atoms. The number of pyridine rings is 2. The molecule has 8 nitrogen and oxygen atoms in total. The van der Waals surface area contributed by atoms with Crippen LogP contribution in [0.1, 0.15) is 23.1 Å². The molecule has 0 radical (unpaired) electrons. The number of amides is 1. The van der Waals surface area contributed by atoms with E-state index in [0.717, 1.165) is 18.2 Å². The highest BCUT2D eigenvalue weighted by Crippen LogP contribution is 2.35. The minimum absolute atomic E-state index is 0.0419. The first-order valence-electron chi connectivity index (χ1n) is 8.40. The average Bonchev–Trinajstić information content (AvgIpc) is 2.99. The molecule has 0 bridgehead atoms. The number of carbonyl (C=O) groups excluding carboxylic acids is 1. The van der Waals surface area contributed by atoms with Crippen LogP contribution < -0.4 is 14.8 Å². The van der Waals surface area contributed by atoms with E-state index in [1.54, 1.807) is 41.8 Å². The highest BCUT2D eigenvalue weighted by molar-refractivity contribution is 7.98. The lowest BCUT2D eigenvalue weighted by atomic mass is 10.3. The third-order valence-corrected chi connectivity index (χ3v) is 5.05. The molecular weight excluding hydrogens is 419 g/mol. The number of fused-ring (bicyclic) bond motifs is 1. The summed E-state index contributed by atoms with van der Waals surface area (Å²) in [5.41, 5.74) is 1.21. The van der Waals surface area contributed by atoms with Crippen molar-refractivity contribution in [2.75, 3.05) is 16.6 Å². The van der Waals surface area contributed by atoms with Crippen LogP contribution in [-0.2, 0) is 0 Å². The molecule has 0 aliphatic heterocycles. The van der Waals surface area contributed by atoms with Gasteiger partial charge in [0.2, 0.25) is 5.95 Å². The number of nitrogens with zero attached hydrogens (tertiary/aromatic N) is 3. The molecular formula is C18H16ClFN6O2S. The zero-order valence-corrected chi connectivity index (χ0v) is 16.7. The first-order valence-corrected chi connectivity index (χ1v) is 9.59. The Bertz CT molecular complexity index is 1100. The maximum absolute atomic E-state index is 13.6. The Morgan fingerprint density at radius 2 is 2.28 bits per heavy atom. The van der Waals surface area contributed by atoms with Crippen molar-refractivity contribution in [3.63, 3.8) is 0 Å². The standard InChI is InChI=1S/C18H16ClFN6O2S/c1-10(9-27)24-29-25-16-13-4-2-3-5-26(13)17(15(16)19)18(28)23-11-6-12(8-21)22-14(20)7-11/h2-7,10,24-25,27H,9H2,1H3,(H,22,23,28). The number of nitriles is 1. The maximum atomic E-state index is 13.6. The van der Waals surface area contributed by atoms with Crippen molar-refractivity contribution < 1.29 is 14.3 Å². The van der Waals surface area contributed by atoms with E-state index in [1.165, 1.54) is 6.07 Å². The molecule has 150 valence electrons. The number of hydrogen-bond acceptors (Lipinski definition) is 7. The molecule has 1 atom stereocenters. The van der Waals surface area contributed by atoms with Gasteiger partial charge >= 0.3 is 0 Å². The van der Waals surface area contributed by atoms with Gasteiger partial charge in [-0.25, -0.2) is 9.71 Å². The largest absolute Gasteiger partial charge is 0.395 e. The zero-order valence-electron chi connectivity index (χ0n) is 15.1. The van der Waals surface area contributed by atoms with Gasteiger partial charge in [0, 0.05) is 36.1 Å². The molecule has 3 aromatic heterocycles. The molecule has 0 saturated carbocycles. The van der Waals surface area contributed by atoms with Gasteiger partial charge in [0.05, 0.1) is 22.8 Å². The van der Waals surface area contributed by atoms with Crippen molar-refractivity contribution >= 4 is 46.5 Å². The Labute approximate surface area is 175 Å². The quantitative estimate of drug-likeness (QED) is 0.333. The molecule has 0 spiro atoms. The molecule has 3 rings (SSSR count). The van der Waals surface area contributed by atoms with E-state index in [9.17, 15) is 9.18 Å². The molecule has 0 aliphatic carbocycles. The summed E-state index contributed by atoms with van der Waals surface area (Å²) < 4.78 is 21.2. The van der Waals surface area contributed by atoms with Gasteiger partial charge in [0.15, 0.2) is 0 Å². The van der Waals surface area contributed by atoms with Crippen LogP contribution in [0.3, 0.4) is 0 Å². The van der Waals surface area contributed by atoms with Gasteiger partial charge in [-0.2, -0.15) is 9.65 Å². The van der Waals surface area contributed by atoms with Crippen molar-refractivity contribution in [1.82, 2.24) is 14.1 Å². The molecule has 1 unspecified atom stereocenters. The summed E-state index contributed by atoms with van der Waals surface area (Å²) in [7, 11) is 0. The Kier molecular flexibility index (Phi) is 6.56. The monoisotopic (exact) mass is 434 g/mol. The number of aliphatic hydroxyl groups is 1. The molecule has 0 aliphatic rings. The summed E-state index contributed by atoms with van der Waals surface area (Å²) in [5.74, 6) is -1.46. The van der Waals surface area contributed by atoms with E-state index in [2.05, 4.69) is 19.7 Å². The fraction of sp³-hybridized carbons (Fsp3) is 0.167. The van der Waals surface area contributed by atoms with Crippen LogP contribution in [-0.4, -0.2) is 33.0 Å². The van der Waals surface area contributed by atoms with Crippen molar-refractivity contribution in [1.29, 1.82) is 5.26 Å². The highest BCUT2D eigenvalue weighted by atomic mass is 35.5. The van der Waals surface area contributed by atoms with Crippen LogP contribution in [0.25, 0.3) is 5.52 Å². The highest BCUT2D eigenvalue weighted by Gasteiger charge is 2.23. The van der Waals surface area contributed by atoms with Gasteiger partial charge in [-0.1, -0.05) is 17.7 Å². The first kappa shape index (κ1) is 20.9. The molecule has 3 aromatic rings. The van der Waals surface area contributed by atoms with E-state index in [0.29, 0.717) is 11.2 Å². The fourth-order valence-corrected chi connectivity index (χ4v) is 3.54. The lowest BCUT2D eigenvalue weighted by molar-refractivity contribution is 0.102. The lowest BCUT2D eigenvalue weighted by Gasteiger charge is -2.10. The summed E-state index contributed by atoms with van der Waals surface area (Å²) >= 11 is 7.60. The average molecular weight is 435 g/mol. The second-order valence-corrected chi connectivity index (χ2v) is 7.05. The smallest absolute Gasteiger partial charge is 0.274 e. The van der Waals surface area contributed by atoms with Crippen LogP contribution in [0.2, 0.25) is 5.02 Å². The molecule has 4 N–H and O–H groups in total. The van der Waals surface area contributed by atoms with Crippen LogP contribution in [0, 0.1) is 17.3 Å². The molecule has 1 amide bonds. The second-order valence-electron chi connectivity index (χ2n) is 6.03. The maximum Gasteiger partial charge on any atom is 0.274 e. The molecule has 11 heteroatoms. The van der Waals surface area contributed by atoms with Gasteiger partial charge in [0.1, 0.15) is 17.5 Å². The Morgan fingerprint density at radius 1 is 1.48 bits per heavy atom. The third-order valence-electron chi connectivity index (χ3n) is 3.85. The minimum atomic E-state index is -0.881. The second kappa shape index (κ2) is 9.11. The van der Waals surface area contributed by atoms with Crippen molar-refractivity contribution in [2.45, 2.75) is 13.0 Å². The van der Waals surface area contributed by atoms with Gasteiger partial charge < -0.3 is 19.5 Å². The number of anilines is 2. The molecule has 0 saturated heterocycles. The van der Waals surface area contributed by atoms with E-state index in [1.807, 2.05) is 0 Å². The van der Waals surface area contributed by atoms with Crippen molar-refractivity contribution in [3.05, 3.63) is 58.9 Å². The van der Waals surface area contributed by atoms with Gasteiger partial charge in [0.25, 0.3) is 5.91 Å². The lowest BCUT2D eigenvalue weighted by Crippen LogP contribution is -2.24. The van der Waals surface area contributed by atoms with Crippen molar-refractivity contribution in [2.24, 2.45) is 0 Å². The van der Waals surface area contributed by atoms with Crippen LogP contribution >= 0.6 is 23.7 Å².